The molecule has 0 amide bonds. The zero-order chi connectivity index (χ0) is 31.2. The van der Waals surface area contributed by atoms with E-state index in [-0.39, 0.29) is 11.7 Å². The Balaban J connectivity index is 1.19. The van der Waals surface area contributed by atoms with Gasteiger partial charge < -0.3 is 19.4 Å². The number of nitrogens with zero attached hydrogens (tertiary/aromatic N) is 2. The second-order valence-corrected chi connectivity index (χ2v) is 12.3. The highest BCUT2D eigenvalue weighted by molar-refractivity contribution is 6.09. The van der Waals surface area contributed by atoms with Gasteiger partial charge in [-0.3, -0.25) is 9.98 Å². The van der Waals surface area contributed by atoms with Gasteiger partial charge in [-0.15, -0.1) is 0 Å². The Morgan fingerprint density at radius 3 is 2.07 bits per heavy atom. The number of rotatable bonds is 8. The highest BCUT2D eigenvalue weighted by atomic mass is 19.1. The van der Waals surface area contributed by atoms with Crippen LogP contribution in [0.4, 0.5) is 4.39 Å². The third kappa shape index (κ3) is 5.15. The first-order valence-corrected chi connectivity index (χ1v) is 15.9. The van der Waals surface area contributed by atoms with E-state index in [0.29, 0.717) is 18.6 Å². The molecule has 2 aliphatic heterocycles. The van der Waals surface area contributed by atoms with Gasteiger partial charge in [-0.2, -0.15) is 0 Å². The number of nitrogens with one attached hydrogen (secondary N) is 2. The Kier molecular flexibility index (Phi) is 7.16. The van der Waals surface area contributed by atoms with Crippen molar-refractivity contribution in [3.05, 3.63) is 124 Å². The van der Waals surface area contributed by atoms with Crippen LogP contribution in [0.1, 0.15) is 52.4 Å². The Morgan fingerprint density at radius 2 is 1.39 bits per heavy atom. The summed E-state index contributed by atoms with van der Waals surface area (Å²) in [5.74, 6) is 1.21. The van der Waals surface area contributed by atoms with Crippen LogP contribution < -0.4 is 9.47 Å². The van der Waals surface area contributed by atoms with Gasteiger partial charge in [-0.05, 0) is 103 Å². The molecule has 46 heavy (non-hydrogen) atoms. The van der Waals surface area contributed by atoms with Crippen molar-refractivity contribution in [2.45, 2.75) is 38.5 Å². The Labute approximate surface area is 267 Å². The summed E-state index contributed by atoms with van der Waals surface area (Å²) in [4.78, 5) is 17.5. The highest BCUT2D eigenvalue weighted by Crippen LogP contribution is 2.37. The fraction of sp³-hybridized carbons (Fsp3) is 0.231. The van der Waals surface area contributed by atoms with Gasteiger partial charge in [-0.25, -0.2) is 4.39 Å². The van der Waals surface area contributed by atoms with Crippen molar-refractivity contribution >= 4 is 33.2 Å². The van der Waals surface area contributed by atoms with E-state index < -0.39 is 5.82 Å². The van der Waals surface area contributed by atoms with Gasteiger partial charge in [0, 0.05) is 41.0 Å². The number of aromatic nitrogens is 2. The molecule has 1 atom stereocenters. The average Bonchev–Trinajstić information content (AvgIpc) is 3.64. The minimum absolute atomic E-state index is 0.0257. The normalized spacial score (nSPS) is 14.8. The highest BCUT2D eigenvalue weighted by Gasteiger charge is 2.28. The van der Waals surface area contributed by atoms with E-state index in [4.69, 9.17) is 19.5 Å². The number of fused-ring (bicyclic) bond motifs is 6. The van der Waals surface area contributed by atoms with Crippen LogP contribution in [0.15, 0.2) is 94.9 Å². The summed E-state index contributed by atoms with van der Waals surface area (Å²) in [6.45, 7) is 3.59. The minimum Gasteiger partial charge on any atom is -0.497 e. The summed E-state index contributed by atoms with van der Waals surface area (Å²) < 4.78 is 26.7. The second-order valence-electron chi connectivity index (χ2n) is 12.3. The molecule has 2 aliphatic rings. The molecule has 2 N–H and O–H groups in total. The van der Waals surface area contributed by atoms with Crippen LogP contribution in [-0.2, 0) is 12.8 Å². The summed E-state index contributed by atoms with van der Waals surface area (Å²) in [7, 11) is 1.69. The molecule has 7 heteroatoms. The standard InChI is InChI=1S/C39H35FN4O2/c1-23-8-11-28-30-14-16-41-35(38(30)43-33(28)18-23)19-25(24-9-13-32(40)37(21-24)46-26-6-4-3-5-7-26)20-36-39-31(15-17-42-36)29-12-10-27(45-2)22-34(29)44-39/h3-13,18,21-22,25,43-44H,14-17,19-20H2,1-2H3. The van der Waals surface area contributed by atoms with Crippen LogP contribution in [0.2, 0.25) is 0 Å². The smallest absolute Gasteiger partial charge is 0.165 e. The van der Waals surface area contributed by atoms with E-state index >= 15 is 4.39 Å². The number of aromatic amines is 2. The largest absolute Gasteiger partial charge is 0.497 e. The fourth-order valence-electron chi connectivity index (χ4n) is 7.08. The molecule has 2 aromatic heterocycles. The molecule has 0 radical (unpaired) electrons. The van der Waals surface area contributed by atoms with Crippen LogP contribution >= 0.6 is 0 Å². The van der Waals surface area contributed by atoms with E-state index in [2.05, 4.69) is 41.2 Å². The van der Waals surface area contributed by atoms with Crippen LogP contribution in [-0.4, -0.2) is 41.6 Å². The van der Waals surface area contributed by atoms with Crippen molar-refractivity contribution < 1.29 is 13.9 Å². The molecule has 0 bridgehead atoms. The lowest BCUT2D eigenvalue weighted by Crippen LogP contribution is -2.20. The van der Waals surface area contributed by atoms with E-state index in [1.807, 2.05) is 54.6 Å². The Hall–Kier alpha value is -5.17. The predicted molar refractivity (Wildman–Crippen MR) is 183 cm³/mol. The van der Waals surface area contributed by atoms with Crippen molar-refractivity contribution in [1.29, 1.82) is 0 Å². The molecule has 6 aromatic rings. The van der Waals surface area contributed by atoms with E-state index in [0.717, 1.165) is 71.1 Å². The molecule has 0 aliphatic carbocycles. The first kappa shape index (κ1) is 28.3. The molecule has 6 nitrogen and oxygen atoms in total. The fourth-order valence-corrected chi connectivity index (χ4v) is 7.08. The van der Waals surface area contributed by atoms with Gasteiger partial charge >= 0.3 is 0 Å². The third-order valence-electron chi connectivity index (χ3n) is 9.36. The first-order valence-electron chi connectivity index (χ1n) is 15.9. The summed E-state index contributed by atoms with van der Waals surface area (Å²) >= 11 is 0. The van der Waals surface area contributed by atoms with Crippen LogP contribution in [0, 0.1) is 12.7 Å². The van der Waals surface area contributed by atoms with Gasteiger partial charge in [0.05, 0.1) is 29.9 Å². The number of para-hydroxylation sites is 1. The van der Waals surface area contributed by atoms with E-state index in [1.54, 1.807) is 7.11 Å². The number of ether oxygens (including phenoxy) is 2. The van der Waals surface area contributed by atoms with Crippen molar-refractivity contribution in [3.63, 3.8) is 0 Å². The number of hydrogen-bond donors (Lipinski definition) is 2. The lowest BCUT2D eigenvalue weighted by Gasteiger charge is -2.24. The lowest BCUT2D eigenvalue weighted by molar-refractivity contribution is 0.415. The van der Waals surface area contributed by atoms with Gasteiger partial charge in [0.25, 0.3) is 0 Å². The molecular weight excluding hydrogens is 575 g/mol. The zero-order valence-electron chi connectivity index (χ0n) is 26.0. The summed E-state index contributed by atoms with van der Waals surface area (Å²) in [6.07, 6.45) is 3.14. The molecule has 4 aromatic carbocycles. The number of aliphatic imine (C=N–C) groups is 2. The molecule has 1 unspecified atom stereocenters. The molecule has 0 saturated carbocycles. The molecule has 0 fully saturated rings. The topological polar surface area (TPSA) is 74.8 Å². The van der Waals surface area contributed by atoms with E-state index in [9.17, 15) is 0 Å². The molecule has 0 saturated heterocycles. The molecule has 0 spiro atoms. The van der Waals surface area contributed by atoms with Gasteiger partial charge in [0.15, 0.2) is 11.6 Å². The number of benzene rings is 4. The van der Waals surface area contributed by atoms with Crippen molar-refractivity contribution in [2.24, 2.45) is 9.98 Å². The Morgan fingerprint density at radius 1 is 0.739 bits per heavy atom. The molecule has 4 heterocycles. The van der Waals surface area contributed by atoms with Gasteiger partial charge in [-0.1, -0.05) is 36.4 Å². The number of aryl methyl sites for hydroxylation is 1. The van der Waals surface area contributed by atoms with Crippen LogP contribution in [0.3, 0.4) is 0 Å². The van der Waals surface area contributed by atoms with Crippen molar-refractivity contribution in [3.8, 4) is 17.2 Å². The summed E-state index contributed by atoms with van der Waals surface area (Å²) in [6, 6.07) is 27.4. The lowest BCUT2D eigenvalue weighted by atomic mass is 9.84. The SMILES string of the molecule is COc1ccc2c3c([nH]c2c1)C(CC(CC1=NCCc2c1[nH]c1cc(C)ccc21)c1ccc(F)c(Oc2ccccc2)c1)=NCC3. The molecule has 8 rings (SSSR count). The maximum atomic E-state index is 15.2. The van der Waals surface area contributed by atoms with Gasteiger partial charge in [0.2, 0.25) is 0 Å². The number of hydrogen-bond acceptors (Lipinski definition) is 4. The first-order chi connectivity index (χ1) is 22.5. The summed E-state index contributed by atoms with van der Waals surface area (Å²) in [5.41, 5.74) is 11.3. The summed E-state index contributed by atoms with van der Waals surface area (Å²) in [5, 5.41) is 2.47. The minimum atomic E-state index is -0.392. The second kappa shape index (κ2) is 11.6. The zero-order valence-corrected chi connectivity index (χ0v) is 26.0. The maximum Gasteiger partial charge on any atom is 0.165 e. The Bertz CT molecular complexity index is 2160. The number of methoxy groups -OCH3 is 1. The average molecular weight is 611 g/mol. The third-order valence-corrected chi connectivity index (χ3v) is 9.36. The van der Waals surface area contributed by atoms with Crippen molar-refractivity contribution in [2.75, 3.05) is 20.2 Å². The van der Waals surface area contributed by atoms with Crippen LogP contribution in [0.25, 0.3) is 21.8 Å². The maximum absolute atomic E-state index is 15.2. The van der Waals surface area contributed by atoms with Gasteiger partial charge in [0.1, 0.15) is 11.5 Å². The molecular formula is C39H35FN4O2. The monoisotopic (exact) mass is 610 g/mol. The predicted octanol–water partition coefficient (Wildman–Crippen LogP) is 8.85. The number of H-pyrrole nitrogens is 2. The van der Waals surface area contributed by atoms with E-state index in [1.165, 1.54) is 33.5 Å². The quantitative estimate of drug-likeness (QED) is 0.181. The number of halogens is 1. The van der Waals surface area contributed by atoms with Crippen LogP contribution in [0.5, 0.6) is 17.2 Å². The van der Waals surface area contributed by atoms with Crippen molar-refractivity contribution in [1.82, 2.24) is 9.97 Å². The molecule has 230 valence electrons.